The van der Waals surface area contributed by atoms with Crippen LogP contribution in [-0.2, 0) is 6.54 Å². The van der Waals surface area contributed by atoms with Crippen LogP contribution in [0.2, 0.25) is 0 Å². The van der Waals surface area contributed by atoms with E-state index in [-0.39, 0.29) is 17.3 Å². The van der Waals surface area contributed by atoms with E-state index >= 15 is 0 Å². The number of halogens is 2. The summed E-state index contributed by atoms with van der Waals surface area (Å²) in [4.78, 5) is 4.64. The van der Waals surface area contributed by atoms with Gasteiger partial charge in [0.25, 0.3) is 0 Å². The third-order valence-electron chi connectivity index (χ3n) is 4.02. The van der Waals surface area contributed by atoms with Crippen LogP contribution < -0.4 is 5.32 Å². The van der Waals surface area contributed by atoms with E-state index in [4.69, 9.17) is 0 Å². The van der Waals surface area contributed by atoms with Crippen molar-refractivity contribution in [1.82, 2.24) is 14.7 Å². The zero-order valence-corrected chi connectivity index (χ0v) is 15.6. The average Bonchev–Trinajstić information content (AvgIpc) is 2.89. The van der Waals surface area contributed by atoms with Crippen molar-refractivity contribution in [2.24, 2.45) is 5.41 Å². The highest BCUT2D eigenvalue weighted by Gasteiger charge is 2.26. The van der Waals surface area contributed by atoms with Crippen molar-refractivity contribution in [3.05, 3.63) is 70.3 Å². The second kappa shape index (κ2) is 6.65. The van der Waals surface area contributed by atoms with Crippen LogP contribution in [0.4, 0.5) is 4.39 Å². The number of imidazole rings is 1. The Hall–Kier alpha value is -1.72. The first-order valence-electron chi connectivity index (χ1n) is 7.95. The van der Waals surface area contributed by atoms with E-state index in [0.717, 1.165) is 21.4 Å². The summed E-state index contributed by atoms with van der Waals surface area (Å²) >= 11 is 3.47. The lowest BCUT2D eigenvalue weighted by molar-refractivity contribution is 0.270. The minimum atomic E-state index is -0.211. The lowest BCUT2D eigenvalue weighted by Gasteiger charge is -2.32. The Balaban J connectivity index is 1.81. The third kappa shape index (κ3) is 3.84. The topological polar surface area (TPSA) is 29.3 Å². The zero-order chi connectivity index (χ0) is 17.3. The molecule has 0 amide bonds. The SMILES string of the molecule is CC(C)(C)C(NCc1cn2cc(Br)ccc2n1)c1ccc(F)cc1. The lowest BCUT2D eigenvalue weighted by Crippen LogP contribution is -2.32. The number of rotatable bonds is 4. The van der Waals surface area contributed by atoms with Crippen LogP contribution >= 0.6 is 15.9 Å². The number of fused-ring (bicyclic) bond motifs is 1. The van der Waals surface area contributed by atoms with Crippen molar-refractivity contribution in [2.75, 3.05) is 0 Å². The van der Waals surface area contributed by atoms with Crippen LogP contribution in [0.5, 0.6) is 0 Å². The molecule has 3 aromatic rings. The first-order valence-corrected chi connectivity index (χ1v) is 8.74. The molecule has 5 heteroatoms. The highest BCUT2D eigenvalue weighted by Crippen LogP contribution is 2.33. The maximum atomic E-state index is 13.2. The predicted molar refractivity (Wildman–Crippen MR) is 98.3 cm³/mol. The molecule has 24 heavy (non-hydrogen) atoms. The minimum absolute atomic E-state index is 0.0000159. The molecule has 3 rings (SSSR count). The summed E-state index contributed by atoms with van der Waals surface area (Å²) in [5.74, 6) is -0.211. The highest BCUT2D eigenvalue weighted by molar-refractivity contribution is 9.10. The molecule has 2 aromatic heterocycles. The van der Waals surface area contributed by atoms with Crippen LogP contribution in [0, 0.1) is 11.2 Å². The fourth-order valence-electron chi connectivity index (χ4n) is 2.89. The van der Waals surface area contributed by atoms with Crippen LogP contribution in [0.15, 0.2) is 53.3 Å². The van der Waals surface area contributed by atoms with Crippen molar-refractivity contribution >= 4 is 21.6 Å². The van der Waals surface area contributed by atoms with Crippen molar-refractivity contribution in [1.29, 1.82) is 0 Å². The van der Waals surface area contributed by atoms with Gasteiger partial charge in [0.15, 0.2) is 0 Å². The molecule has 0 radical (unpaired) electrons. The Labute approximate surface area is 150 Å². The summed E-state index contributed by atoms with van der Waals surface area (Å²) in [6.45, 7) is 7.18. The third-order valence-corrected chi connectivity index (χ3v) is 4.49. The quantitative estimate of drug-likeness (QED) is 0.671. The molecular formula is C19H21BrFN3. The smallest absolute Gasteiger partial charge is 0.137 e. The fourth-order valence-corrected chi connectivity index (χ4v) is 3.24. The Morgan fingerprint density at radius 1 is 1.12 bits per heavy atom. The zero-order valence-electron chi connectivity index (χ0n) is 14.1. The molecule has 3 nitrogen and oxygen atoms in total. The molecule has 1 aromatic carbocycles. The Kier molecular flexibility index (Phi) is 4.74. The van der Waals surface area contributed by atoms with Crippen LogP contribution in [-0.4, -0.2) is 9.38 Å². The molecule has 0 saturated heterocycles. The molecule has 0 bridgehead atoms. The van der Waals surface area contributed by atoms with Gasteiger partial charge in [0.2, 0.25) is 0 Å². The monoisotopic (exact) mass is 389 g/mol. The van der Waals surface area contributed by atoms with Crippen LogP contribution in [0.25, 0.3) is 5.65 Å². The number of benzene rings is 1. The maximum absolute atomic E-state index is 13.2. The highest BCUT2D eigenvalue weighted by atomic mass is 79.9. The van der Waals surface area contributed by atoms with Crippen molar-refractivity contribution in [3.8, 4) is 0 Å². The summed E-state index contributed by atoms with van der Waals surface area (Å²) in [6.07, 6.45) is 4.02. The van der Waals surface area contributed by atoms with Gasteiger partial charge < -0.3 is 9.72 Å². The number of hydrogen-bond donors (Lipinski definition) is 1. The molecule has 0 spiro atoms. The van der Waals surface area contributed by atoms with Gasteiger partial charge in [-0.25, -0.2) is 9.37 Å². The van der Waals surface area contributed by atoms with E-state index in [1.165, 1.54) is 12.1 Å². The number of aromatic nitrogens is 2. The Bertz CT molecular complexity index is 834. The molecule has 0 fully saturated rings. The second-order valence-corrected chi connectivity index (χ2v) is 7.99. The summed E-state index contributed by atoms with van der Waals surface area (Å²) in [5, 5.41) is 3.58. The van der Waals surface area contributed by atoms with Crippen molar-refractivity contribution in [3.63, 3.8) is 0 Å². The van der Waals surface area contributed by atoms with Crippen molar-refractivity contribution < 1.29 is 4.39 Å². The van der Waals surface area contributed by atoms with Gasteiger partial charge in [-0.3, -0.25) is 0 Å². The molecule has 2 heterocycles. The average molecular weight is 390 g/mol. The van der Waals surface area contributed by atoms with E-state index in [2.05, 4.69) is 47.0 Å². The summed E-state index contributed by atoms with van der Waals surface area (Å²) in [6, 6.07) is 10.8. The maximum Gasteiger partial charge on any atom is 0.137 e. The molecule has 0 aliphatic heterocycles. The normalized spacial score (nSPS) is 13.4. The molecular weight excluding hydrogens is 369 g/mol. The largest absolute Gasteiger partial charge is 0.306 e. The molecule has 0 aliphatic carbocycles. The molecule has 0 saturated carbocycles. The van der Waals surface area contributed by atoms with Gasteiger partial charge in [-0.05, 0) is 51.2 Å². The second-order valence-electron chi connectivity index (χ2n) is 7.08. The number of nitrogens with zero attached hydrogens (tertiary/aromatic N) is 2. The molecule has 1 atom stereocenters. The lowest BCUT2D eigenvalue weighted by atomic mass is 9.82. The number of nitrogens with one attached hydrogen (secondary N) is 1. The predicted octanol–water partition coefficient (Wildman–Crippen LogP) is 5.11. The van der Waals surface area contributed by atoms with Gasteiger partial charge in [-0.1, -0.05) is 32.9 Å². The van der Waals surface area contributed by atoms with Crippen molar-refractivity contribution in [2.45, 2.75) is 33.4 Å². The molecule has 1 unspecified atom stereocenters. The Morgan fingerprint density at radius 2 is 1.83 bits per heavy atom. The molecule has 0 aliphatic rings. The van der Waals surface area contributed by atoms with E-state index < -0.39 is 0 Å². The summed E-state index contributed by atoms with van der Waals surface area (Å²) in [5.41, 5.74) is 2.98. The molecule has 1 N–H and O–H groups in total. The summed E-state index contributed by atoms with van der Waals surface area (Å²) in [7, 11) is 0. The first-order chi connectivity index (χ1) is 11.3. The Morgan fingerprint density at radius 3 is 2.50 bits per heavy atom. The van der Waals surface area contributed by atoms with Gasteiger partial charge in [0, 0.05) is 29.5 Å². The van der Waals surface area contributed by atoms with Gasteiger partial charge >= 0.3 is 0 Å². The van der Waals surface area contributed by atoms with Crippen LogP contribution in [0.1, 0.15) is 38.1 Å². The standard InChI is InChI=1S/C19H21BrFN3/c1-19(2,3)18(13-4-7-15(21)8-5-13)22-10-16-12-24-11-14(20)6-9-17(24)23-16/h4-9,11-12,18,22H,10H2,1-3H3. The number of pyridine rings is 1. The van der Waals surface area contributed by atoms with Gasteiger partial charge in [-0.15, -0.1) is 0 Å². The van der Waals surface area contributed by atoms with E-state index in [1.807, 2.05) is 41.1 Å². The number of hydrogen-bond acceptors (Lipinski definition) is 2. The van der Waals surface area contributed by atoms with Gasteiger partial charge in [0.1, 0.15) is 11.5 Å². The van der Waals surface area contributed by atoms with Crippen LogP contribution in [0.3, 0.4) is 0 Å². The van der Waals surface area contributed by atoms with E-state index in [9.17, 15) is 4.39 Å². The first kappa shape index (κ1) is 17.1. The summed E-state index contributed by atoms with van der Waals surface area (Å²) < 4.78 is 16.2. The van der Waals surface area contributed by atoms with Gasteiger partial charge in [-0.2, -0.15) is 0 Å². The van der Waals surface area contributed by atoms with E-state index in [0.29, 0.717) is 6.54 Å². The molecule has 126 valence electrons. The van der Waals surface area contributed by atoms with E-state index in [1.54, 1.807) is 0 Å². The van der Waals surface area contributed by atoms with Gasteiger partial charge in [0.05, 0.1) is 5.69 Å². The minimum Gasteiger partial charge on any atom is -0.306 e. The fraction of sp³-hybridized carbons (Fsp3) is 0.316.